The zero-order chi connectivity index (χ0) is 25.3. The van der Waals surface area contributed by atoms with E-state index in [1.54, 1.807) is 13.8 Å². The maximum absolute atomic E-state index is 17.6. The number of aliphatic hydroxyl groups is 2. The molecule has 0 bridgehead atoms. The van der Waals surface area contributed by atoms with Crippen LogP contribution in [0.4, 0.5) is 4.39 Å². The second kappa shape index (κ2) is 7.81. The SMILES string of the molecule is COC(=O)[C@H]1C[C@@]2(C)[C@@H](C[C@@H](O)[C@]2(O)C(=O)COC(C)=O)[C@@H]2CCC3=CC(=O)C=C[C@]3(C)[C@@]12F. The van der Waals surface area contributed by atoms with Gasteiger partial charge in [0.2, 0.25) is 5.78 Å². The Bertz CT molecular complexity index is 1020. The number of hydrogen-bond donors (Lipinski definition) is 2. The third-order valence-corrected chi connectivity index (χ3v) is 9.21. The Morgan fingerprint density at radius 2 is 1.91 bits per heavy atom. The summed E-state index contributed by atoms with van der Waals surface area (Å²) in [6.45, 7) is 3.63. The van der Waals surface area contributed by atoms with Crippen LogP contribution in [0.15, 0.2) is 23.8 Å². The van der Waals surface area contributed by atoms with Gasteiger partial charge < -0.3 is 19.7 Å². The largest absolute Gasteiger partial charge is 0.469 e. The van der Waals surface area contributed by atoms with Crippen LogP contribution in [-0.4, -0.2) is 64.8 Å². The predicted octanol–water partition coefficient (Wildman–Crippen LogP) is 1.62. The molecule has 0 radical (unpaired) electrons. The topological polar surface area (TPSA) is 127 Å². The zero-order valence-corrected chi connectivity index (χ0v) is 19.8. The third kappa shape index (κ3) is 2.95. The quantitative estimate of drug-likeness (QED) is 0.584. The number of aliphatic hydroxyl groups excluding tert-OH is 1. The van der Waals surface area contributed by atoms with Crippen LogP contribution in [0.3, 0.4) is 0 Å². The standard InChI is InChI=1S/C25H31FO8/c1-13(27)34-12-20(30)25(32)19(29)10-17-16-6-5-14-9-15(28)7-8-22(14,2)24(16,26)18(21(31)33-4)11-23(17,25)3/h7-9,16-19,29,32H,5-6,10-12H2,1-4H3/t16-,17-,18+,19+,22-,23-,24-,25-/m0/s1. The van der Waals surface area contributed by atoms with Crippen LogP contribution in [0.1, 0.15) is 46.5 Å². The zero-order valence-electron chi connectivity index (χ0n) is 19.8. The van der Waals surface area contributed by atoms with E-state index in [4.69, 9.17) is 9.47 Å². The lowest BCUT2D eigenvalue weighted by Crippen LogP contribution is -2.69. The van der Waals surface area contributed by atoms with E-state index >= 15 is 4.39 Å². The molecule has 0 aromatic rings. The molecule has 0 heterocycles. The van der Waals surface area contributed by atoms with Crippen molar-refractivity contribution in [2.24, 2.45) is 28.6 Å². The number of halogens is 1. The lowest BCUT2D eigenvalue weighted by atomic mass is 9.42. The van der Waals surface area contributed by atoms with Crippen LogP contribution < -0.4 is 0 Å². The lowest BCUT2D eigenvalue weighted by molar-refractivity contribution is -0.214. The van der Waals surface area contributed by atoms with E-state index in [2.05, 4.69) is 0 Å². The van der Waals surface area contributed by atoms with Gasteiger partial charge in [-0.2, -0.15) is 0 Å². The molecular formula is C25H31FO8. The summed E-state index contributed by atoms with van der Waals surface area (Å²) in [6.07, 6.45) is 3.06. The van der Waals surface area contributed by atoms with E-state index in [9.17, 15) is 29.4 Å². The van der Waals surface area contributed by atoms with Gasteiger partial charge in [0, 0.05) is 17.8 Å². The summed E-state index contributed by atoms with van der Waals surface area (Å²) < 4.78 is 27.4. The number of Topliss-reactive ketones (excluding diaryl/α,β-unsaturated/α-hetero) is 1. The smallest absolute Gasteiger partial charge is 0.311 e. The number of carbonyl (C=O) groups excluding carboxylic acids is 4. The van der Waals surface area contributed by atoms with Gasteiger partial charge in [0.15, 0.2) is 18.0 Å². The molecule has 0 amide bonds. The summed E-state index contributed by atoms with van der Waals surface area (Å²) >= 11 is 0. The van der Waals surface area contributed by atoms with Crippen LogP contribution in [0.5, 0.6) is 0 Å². The minimum atomic E-state index is -2.34. The minimum absolute atomic E-state index is 0.0547. The number of ketones is 2. The number of carbonyl (C=O) groups is 4. The number of rotatable bonds is 4. The first-order chi connectivity index (χ1) is 15.8. The van der Waals surface area contributed by atoms with E-state index in [1.165, 1.54) is 18.2 Å². The van der Waals surface area contributed by atoms with E-state index in [0.717, 1.165) is 14.0 Å². The molecule has 8 atom stereocenters. The van der Waals surface area contributed by atoms with E-state index < -0.39 is 70.3 Å². The van der Waals surface area contributed by atoms with Crippen LogP contribution in [0.2, 0.25) is 0 Å². The predicted molar refractivity (Wildman–Crippen MR) is 116 cm³/mol. The van der Waals surface area contributed by atoms with Gasteiger partial charge >= 0.3 is 11.9 Å². The molecule has 0 unspecified atom stereocenters. The van der Waals surface area contributed by atoms with Gasteiger partial charge in [-0.3, -0.25) is 19.2 Å². The minimum Gasteiger partial charge on any atom is -0.469 e. The maximum Gasteiger partial charge on any atom is 0.311 e. The van der Waals surface area contributed by atoms with Gasteiger partial charge in [0.25, 0.3) is 0 Å². The molecule has 0 aliphatic heterocycles. The molecule has 0 saturated heterocycles. The Labute approximate surface area is 197 Å². The molecule has 0 spiro atoms. The molecular weight excluding hydrogens is 447 g/mol. The molecule has 8 nitrogen and oxygen atoms in total. The maximum atomic E-state index is 17.6. The Morgan fingerprint density at radius 1 is 1.24 bits per heavy atom. The molecule has 4 rings (SSSR count). The van der Waals surface area contributed by atoms with E-state index in [0.29, 0.717) is 12.0 Å². The Hall–Kier alpha value is -2.39. The molecule has 34 heavy (non-hydrogen) atoms. The lowest BCUT2D eigenvalue weighted by Gasteiger charge is -2.62. The van der Waals surface area contributed by atoms with E-state index in [1.807, 2.05) is 0 Å². The van der Waals surface area contributed by atoms with Crippen LogP contribution >= 0.6 is 0 Å². The monoisotopic (exact) mass is 478 g/mol. The van der Waals surface area contributed by atoms with Crippen molar-refractivity contribution in [3.63, 3.8) is 0 Å². The molecule has 4 aliphatic carbocycles. The van der Waals surface area contributed by atoms with Gasteiger partial charge in [-0.05, 0) is 56.6 Å². The van der Waals surface area contributed by atoms with Gasteiger partial charge in [0.1, 0.15) is 5.67 Å². The van der Waals surface area contributed by atoms with Crippen molar-refractivity contribution in [1.29, 1.82) is 0 Å². The average molecular weight is 479 g/mol. The summed E-state index contributed by atoms with van der Waals surface area (Å²) in [5.74, 6) is -5.50. The van der Waals surface area contributed by atoms with Gasteiger partial charge in [-0.1, -0.05) is 18.6 Å². The third-order valence-electron chi connectivity index (χ3n) is 9.21. The highest BCUT2D eigenvalue weighted by molar-refractivity contribution is 6.01. The number of esters is 2. The summed E-state index contributed by atoms with van der Waals surface area (Å²) in [4.78, 5) is 49.4. The normalized spacial score (nSPS) is 44.9. The molecule has 9 heteroatoms. The van der Waals surface area contributed by atoms with Crippen molar-refractivity contribution in [3.05, 3.63) is 23.8 Å². The fourth-order valence-corrected chi connectivity index (χ4v) is 7.45. The first-order valence-electron chi connectivity index (χ1n) is 11.6. The molecule has 3 saturated carbocycles. The summed E-state index contributed by atoms with van der Waals surface area (Å²) in [5, 5.41) is 22.6. The molecule has 4 aliphatic rings. The number of allylic oxidation sites excluding steroid dienone is 4. The number of ether oxygens (including phenoxy) is 2. The first kappa shape index (κ1) is 24.7. The second-order valence-corrected chi connectivity index (χ2v) is 10.5. The van der Waals surface area contributed by atoms with Crippen molar-refractivity contribution in [2.45, 2.75) is 63.8 Å². The van der Waals surface area contributed by atoms with Crippen molar-refractivity contribution in [3.8, 4) is 0 Å². The molecule has 186 valence electrons. The highest BCUT2D eigenvalue weighted by Crippen LogP contribution is 2.71. The molecule has 2 N–H and O–H groups in total. The van der Waals surface area contributed by atoms with Crippen LogP contribution in [0.25, 0.3) is 0 Å². The Balaban J connectivity index is 1.85. The number of alkyl halides is 1. The average Bonchev–Trinajstić information content (AvgIpc) is 2.99. The number of hydrogen-bond acceptors (Lipinski definition) is 8. The second-order valence-electron chi connectivity index (χ2n) is 10.5. The van der Waals surface area contributed by atoms with E-state index in [-0.39, 0.29) is 25.0 Å². The Morgan fingerprint density at radius 3 is 2.53 bits per heavy atom. The van der Waals surface area contributed by atoms with Gasteiger partial charge in [-0.25, -0.2) is 4.39 Å². The summed E-state index contributed by atoms with van der Waals surface area (Å²) in [6, 6.07) is 0. The van der Waals surface area contributed by atoms with Crippen LogP contribution in [0, 0.1) is 28.6 Å². The fourth-order valence-electron chi connectivity index (χ4n) is 7.45. The fraction of sp³-hybridized carbons (Fsp3) is 0.680. The highest BCUT2D eigenvalue weighted by Gasteiger charge is 2.77. The molecule has 0 aromatic heterocycles. The number of methoxy groups -OCH3 is 1. The van der Waals surface area contributed by atoms with Crippen molar-refractivity contribution < 1.29 is 43.3 Å². The van der Waals surface area contributed by atoms with Gasteiger partial charge in [0.05, 0.1) is 19.1 Å². The number of fused-ring (bicyclic) bond motifs is 5. The van der Waals surface area contributed by atoms with Crippen molar-refractivity contribution in [2.75, 3.05) is 13.7 Å². The van der Waals surface area contributed by atoms with Gasteiger partial charge in [-0.15, -0.1) is 0 Å². The molecule has 0 aromatic carbocycles. The highest BCUT2D eigenvalue weighted by atomic mass is 19.1. The van der Waals surface area contributed by atoms with Crippen molar-refractivity contribution in [1.82, 2.24) is 0 Å². The summed E-state index contributed by atoms with van der Waals surface area (Å²) in [5.41, 5.74) is -6.56. The Kier molecular flexibility index (Phi) is 5.68. The molecule has 3 fully saturated rings. The first-order valence-corrected chi connectivity index (χ1v) is 11.6. The van der Waals surface area contributed by atoms with Crippen LogP contribution in [-0.2, 0) is 28.7 Å². The summed E-state index contributed by atoms with van der Waals surface area (Å²) in [7, 11) is 1.15. The van der Waals surface area contributed by atoms with Crippen molar-refractivity contribution >= 4 is 23.5 Å².